The van der Waals surface area contributed by atoms with E-state index in [4.69, 9.17) is 0 Å². The Bertz CT molecular complexity index is 506. The molecular weight excluding hydrogens is 358 g/mol. The molecule has 23 heavy (non-hydrogen) atoms. The van der Waals surface area contributed by atoms with Gasteiger partial charge in [-0.05, 0) is 26.0 Å². The first-order valence-corrected chi connectivity index (χ1v) is 6.46. The summed E-state index contributed by atoms with van der Waals surface area (Å²) < 4.78 is 40.5. The topological polar surface area (TPSA) is 63.2 Å². The van der Waals surface area contributed by atoms with Crippen LogP contribution in [0.5, 0.6) is 5.88 Å². The first-order valence-electron chi connectivity index (χ1n) is 6.46. The van der Waals surface area contributed by atoms with Gasteiger partial charge in [-0.15, -0.1) is 24.8 Å². The zero-order chi connectivity index (χ0) is 15.5. The molecule has 1 aromatic heterocycles. The van der Waals surface area contributed by atoms with Crippen LogP contribution in [0.25, 0.3) is 0 Å². The first kappa shape index (κ1) is 21.8. The molecule has 2 N–H and O–H groups in total. The number of halogens is 5. The first-order chi connectivity index (χ1) is 9.78. The summed E-state index contributed by atoms with van der Waals surface area (Å²) in [5, 5.41) is 5.82. The molecule has 0 radical (unpaired) electrons. The van der Waals surface area contributed by atoms with Crippen LogP contribution in [0.15, 0.2) is 18.3 Å². The number of pyridine rings is 1. The summed E-state index contributed by atoms with van der Waals surface area (Å²) in [4.78, 5) is 15.9. The second-order valence-electron chi connectivity index (χ2n) is 5.23. The SMILES string of the molecule is CC1(C(=O)Nc2ccc(OCC(F)(F)F)nc2)CCNC1.Cl.Cl. The highest BCUT2D eigenvalue weighted by Crippen LogP contribution is 2.26. The summed E-state index contributed by atoms with van der Waals surface area (Å²) in [7, 11) is 0. The molecule has 1 aromatic rings. The van der Waals surface area contributed by atoms with Gasteiger partial charge < -0.3 is 15.4 Å². The van der Waals surface area contributed by atoms with Crippen molar-refractivity contribution in [2.45, 2.75) is 19.5 Å². The molecule has 1 aliphatic heterocycles. The fourth-order valence-corrected chi connectivity index (χ4v) is 1.99. The number of hydrogen-bond acceptors (Lipinski definition) is 4. The molecule has 1 fully saturated rings. The lowest BCUT2D eigenvalue weighted by Gasteiger charge is -2.21. The molecule has 2 heterocycles. The van der Waals surface area contributed by atoms with E-state index in [0.29, 0.717) is 12.2 Å². The number of carbonyl (C=O) groups is 1. The van der Waals surface area contributed by atoms with Crippen molar-refractivity contribution in [1.29, 1.82) is 0 Å². The van der Waals surface area contributed by atoms with Crippen LogP contribution in [0.1, 0.15) is 13.3 Å². The molecule has 0 aliphatic carbocycles. The quantitative estimate of drug-likeness (QED) is 0.849. The van der Waals surface area contributed by atoms with Gasteiger partial charge in [0.2, 0.25) is 11.8 Å². The van der Waals surface area contributed by atoms with Crippen LogP contribution in [0, 0.1) is 5.41 Å². The van der Waals surface area contributed by atoms with Gasteiger partial charge in [0.05, 0.1) is 17.3 Å². The van der Waals surface area contributed by atoms with Crippen LogP contribution >= 0.6 is 24.8 Å². The van der Waals surface area contributed by atoms with Gasteiger partial charge in [0.1, 0.15) is 0 Å². The average Bonchev–Trinajstić information content (AvgIpc) is 2.85. The fourth-order valence-electron chi connectivity index (χ4n) is 1.99. The van der Waals surface area contributed by atoms with E-state index in [0.717, 1.165) is 13.0 Å². The number of nitrogens with one attached hydrogen (secondary N) is 2. The van der Waals surface area contributed by atoms with E-state index in [1.807, 2.05) is 6.92 Å². The normalized spacial score (nSPS) is 20.2. The molecule has 1 amide bonds. The zero-order valence-electron chi connectivity index (χ0n) is 12.3. The van der Waals surface area contributed by atoms with Gasteiger partial charge in [-0.25, -0.2) is 4.98 Å². The van der Waals surface area contributed by atoms with Crippen LogP contribution in [0.2, 0.25) is 0 Å². The van der Waals surface area contributed by atoms with Gasteiger partial charge in [-0.1, -0.05) is 0 Å². The summed E-state index contributed by atoms with van der Waals surface area (Å²) in [5.41, 5.74) is -0.0571. The van der Waals surface area contributed by atoms with Crippen molar-refractivity contribution in [3.8, 4) is 5.88 Å². The van der Waals surface area contributed by atoms with Gasteiger partial charge >= 0.3 is 6.18 Å². The highest BCUT2D eigenvalue weighted by molar-refractivity contribution is 5.95. The lowest BCUT2D eigenvalue weighted by molar-refractivity contribution is -0.154. The number of aromatic nitrogens is 1. The molecule has 0 spiro atoms. The summed E-state index contributed by atoms with van der Waals surface area (Å²) in [6.07, 6.45) is -2.40. The van der Waals surface area contributed by atoms with E-state index in [1.54, 1.807) is 0 Å². The molecule has 1 atom stereocenters. The standard InChI is InChI=1S/C13H16F3N3O2.2ClH/c1-12(4-5-17-7-12)11(20)19-9-2-3-10(18-6-9)21-8-13(14,15)16;;/h2-3,6,17H,4-5,7-8H2,1H3,(H,19,20);2*1H. The van der Waals surface area contributed by atoms with Crippen molar-refractivity contribution in [3.05, 3.63) is 18.3 Å². The van der Waals surface area contributed by atoms with Crippen LogP contribution in [0.4, 0.5) is 18.9 Å². The number of alkyl halides is 3. The van der Waals surface area contributed by atoms with E-state index < -0.39 is 18.2 Å². The lowest BCUT2D eigenvalue weighted by atomic mass is 9.89. The number of nitrogens with zero attached hydrogens (tertiary/aromatic N) is 1. The molecule has 2 rings (SSSR count). The van der Waals surface area contributed by atoms with Gasteiger partial charge in [-0.3, -0.25) is 4.79 Å². The predicted octanol–water partition coefficient (Wildman–Crippen LogP) is 2.80. The Labute approximate surface area is 144 Å². The average molecular weight is 376 g/mol. The number of rotatable bonds is 4. The third-order valence-corrected chi connectivity index (χ3v) is 3.29. The summed E-state index contributed by atoms with van der Waals surface area (Å²) in [5.74, 6) is -0.280. The minimum atomic E-state index is -4.40. The van der Waals surface area contributed by atoms with Crippen LogP contribution in [-0.2, 0) is 4.79 Å². The Morgan fingerprint density at radius 2 is 2.13 bits per heavy atom. The van der Waals surface area contributed by atoms with Crippen LogP contribution in [-0.4, -0.2) is 36.8 Å². The number of anilines is 1. The third kappa shape index (κ3) is 6.40. The number of carbonyl (C=O) groups excluding carboxylic acids is 1. The fraction of sp³-hybridized carbons (Fsp3) is 0.538. The number of hydrogen-bond donors (Lipinski definition) is 2. The highest BCUT2D eigenvalue weighted by atomic mass is 35.5. The molecule has 1 unspecified atom stereocenters. The maximum Gasteiger partial charge on any atom is 0.422 e. The minimum Gasteiger partial charge on any atom is -0.468 e. The van der Waals surface area contributed by atoms with E-state index >= 15 is 0 Å². The summed E-state index contributed by atoms with van der Waals surface area (Å²) in [6, 6.07) is 2.75. The molecule has 1 saturated heterocycles. The highest BCUT2D eigenvalue weighted by Gasteiger charge is 2.36. The van der Waals surface area contributed by atoms with E-state index in [9.17, 15) is 18.0 Å². The van der Waals surface area contributed by atoms with Crippen molar-refractivity contribution < 1.29 is 22.7 Å². The smallest absolute Gasteiger partial charge is 0.422 e. The maximum atomic E-state index is 12.1. The van der Waals surface area contributed by atoms with Crippen molar-refractivity contribution in [2.75, 3.05) is 25.0 Å². The van der Waals surface area contributed by atoms with Crippen LogP contribution < -0.4 is 15.4 Å². The van der Waals surface area contributed by atoms with Gasteiger partial charge in [0.25, 0.3) is 0 Å². The second-order valence-corrected chi connectivity index (χ2v) is 5.23. The largest absolute Gasteiger partial charge is 0.468 e. The van der Waals surface area contributed by atoms with Crippen molar-refractivity contribution in [1.82, 2.24) is 10.3 Å². The van der Waals surface area contributed by atoms with Crippen molar-refractivity contribution in [2.24, 2.45) is 5.41 Å². The Kier molecular flexibility index (Phi) is 8.09. The van der Waals surface area contributed by atoms with E-state index in [-0.39, 0.29) is 36.6 Å². The Hall–Kier alpha value is -1.25. The van der Waals surface area contributed by atoms with Crippen LogP contribution in [0.3, 0.4) is 0 Å². The zero-order valence-corrected chi connectivity index (χ0v) is 13.9. The second kappa shape index (κ2) is 8.56. The number of amides is 1. The summed E-state index contributed by atoms with van der Waals surface area (Å²) >= 11 is 0. The van der Waals surface area contributed by atoms with E-state index in [1.165, 1.54) is 18.3 Å². The molecule has 0 saturated carbocycles. The molecule has 1 aliphatic rings. The molecule has 0 aromatic carbocycles. The molecular formula is C13H18Cl2F3N3O2. The molecule has 0 bridgehead atoms. The monoisotopic (exact) mass is 375 g/mol. The maximum absolute atomic E-state index is 12.1. The predicted molar refractivity (Wildman–Crippen MR) is 84.5 cm³/mol. The summed E-state index contributed by atoms with van der Waals surface area (Å²) in [6.45, 7) is 1.84. The molecule has 10 heteroatoms. The Morgan fingerprint density at radius 1 is 1.43 bits per heavy atom. The Morgan fingerprint density at radius 3 is 2.61 bits per heavy atom. The van der Waals surface area contributed by atoms with Gasteiger partial charge in [-0.2, -0.15) is 13.2 Å². The molecule has 5 nitrogen and oxygen atoms in total. The Balaban J connectivity index is 0.00000242. The van der Waals surface area contributed by atoms with Gasteiger partial charge in [0.15, 0.2) is 6.61 Å². The minimum absolute atomic E-state index is 0. The van der Waals surface area contributed by atoms with Crippen molar-refractivity contribution >= 4 is 36.4 Å². The lowest BCUT2D eigenvalue weighted by Crippen LogP contribution is -2.35. The van der Waals surface area contributed by atoms with E-state index in [2.05, 4.69) is 20.4 Å². The molecule has 132 valence electrons. The van der Waals surface area contributed by atoms with Gasteiger partial charge in [0, 0.05) is 12.6 Å². The number of ether oxygens (including phenoxy) is 1. The third-order valence-electron chi connectivity index (χ3n) is 3.29. The van der Waals surface area contributed by atoms with Crippen molar-refractivity contribution in [3.63, 3.8) is 0 Å².